The highest BCUT2D eigenvalue weighted by atomic mass is 19.1. The minimum atomic E-state index is -0.905. The summed E-state index contributed by atoms with van der Waals surface area (Å²) in [6, 6.07) is 11.6. The van der Waals surface area contributed by atoms with Crippen molar-refractivity contribution in [2.45, 2.75) is 12.5 Å². The lowest BCUT2D eigenvalue weighted by molar-refractivity contribution is 0.143. The van der Waals surface area contributed by atoms with E-state index in [2.05, 4.69) is 10.6 Å². The molecule has 2 aromatic carbocycles. The van der Waals surface area contributed by atoms with Crippen molar-refractivity contribution < 1.29 is 23.1 Å². The number of para-hydroxylation sites is 2. The smallest absolute Gasteiger partial charge is 0.319 e. The van der Waals surface area contributed by atoms with Gasteiger partial charge in [0.05, 0.1) is 0 Å². The Balaban J connectivity index is 1.52. The summed E-state index contributed by atoms with van der Waals surface area (Å²) in [4.78, 5) is 11.7. The Hall–Kier alpha value is -2.93. The second-order valence-electron chi connectivity index (χ2n) is 5.47. The number of hydrogen-bond donors (Lipinski definition) is 3. The average molecular weight is 346 g/mol. The molecule has 7 heteroatoms. The zero-order chi connectivity index (χ0) is 17.8. The van der Waals surface area contributed by atoms with Gasteiger partial charge in [-0.3, -0.25) is 0 Å². The first-order valence-corrected chi connectivity index (χ1v) is 7.70. The van der Waals surface area contributed by atoms with Crippen molar-refractivity contribution in [1.29, 1.82) is 0 Å². The maximum absolute atomic E-state index is 13.4. The van der Waals surface area contributed by atoms with Gasteiger partial charge in [0.2, 0.25) is 0 Å². The largest absolute Gasteiger partial charge is 0.458 e. The summed E-state index contributed by atoms with van der Waals surface area (Å²) < 4.78 is 32.4. The van der Waals surface area contributed by atoms with Crippen LogP contribution in [0, 0.1) is 11.6 Å². The fourth-order valence-electron chi connectivity index (χ4n) is 2.41. The van der Waals surface area contributed by atoms with Gasteiger partial charge in [0, 0.05) is 11.9 Å². The Kier molecular flexibility index (Phi) is 4.95. The summed E-state index contributed by atoms with van der Waals surface area (Å²) in [5.74, 6) is -1.33. The van der Waals surface area contributed by atoms with Crippen molar-refractivity contribution in [2.75, 3.05) is 11.9 Å². The molecule has 1 aromatic heterocycles. The Morgan fingerprint density at radius 3 is 2.56 bits per heavy atom. The van der Waals surface area contributed by atoms with Crippen LogP contribution in [0.5, 0.6) is 0 Å². The standard InChI is InChI=1S/C18H16F2N2O3/c19-12-5-3-6-13(20)17(12)22-18(24)21-9-8-14(23)16-10-11-4-1-2-7-15(11)25-16/h1-7,10,14,23H,8-9H2,(H2,21,22,24). The van der Waals surface area contributed by atoms with E-state index >= 15 is 0 Å². The van der Waals surface area contributed by atoms with Gasteiger partial charge in [-0.1, -0.05) is 24.3 Å². The van der Waals surface area contributed by atoms with Crippen LogP contribution in [0.15, 0.2) is 52.9 Å². The Morgan fingerprint density at radius 1 is 1.12 bits per heavy atom. The second kappa shape index (κ2) is 7.31. The summed E-state index contributed by atoms with van der Waals surface area (Å²) in [5, 5.41) is 15.5. The number of aliphatic hydroxyl groups excluding tert-OH is 1. The topological polar surface area (TPSA) is 74.5 Å². The van der Waals surface area contributed by atoms with Crippen molar-refractivity contribution in [3.63, 3.8) is 0 Å². The zero-order valence-corrected chi connectivity index (χ0v) is 13.1. The summed E-state index contributed by atoms with van der Waals surface area (Å²) in [6.45, 7) is 0.0973. The molecule has 1 atom stereocenters. The molecule has 0 aliphatic rings. The van der Waals surface area contributed by atoms with Crippen LogP contribution in [0.1, 0.15) is 18.3 Å². The first-order chi connectivity index (χ1) is 12.0. The normalized spacial score (nSPS) is 12.1. The van der Waals surface area contributed by atoms with E-state index in [0.717, 1.165) is 17.5 Å². The number of rotatable bonds is 5. The summed E-state index contributed by atoms with van der Waals surface area (Å²) in [7, 11) is 0. The Labute approximate surface area is 142 Å². The number of fused-ring (bicyclic) bond motifs is 1. The number of nitrogens with one attached hydrogen (secondary N) is 2. The number of amides is 2. The quantitative estimate of drug-likeness (QED) is 0.655. The predicted octanol–water partition coefficient (Wildman–Crippen LogP) is 3.96. The fraction of sp³-hybridized carbons (Fsp3) is 0.167. The van der Waals surface area contributed by atoms with E-state index < -0.39 is 29.5 Å². The van der Waals surface area contributed by atoms with E-state index in [-0.39, 0.29) is 13.0 Å². The summed E-state index contributed by atoms with van der Waals surface area (Å²) in [5.41, 5.74) is 0.148. The number of furan rings is 1. The van der Waals surface area contributed by atoms with Crippen molar-refractivity contribution in [3.05, 3.63) is 65.9 Å². The molecule has 3 aromatic rings. The molecule has 25 heavy (non-hydrogen) atoms. The van der Waals surface area contributed by atoms with Crippen LogP contribution < -0.4 is 10.6 Å². The lowest BCUT2D eigenvalue weighted by Gasteiger charge is -2.11. The Bertz CT molecular complexity index is 842. The van der Waals surface area contributed by atoms with Gasteiger partial charge in [-0.25, -0.2) is 13.6 Å². The van der Waals surface area contributed by atoms with E-state index in [4.69, 9.17) is 4.42 Å². The third-order valence-electron chi connectivity index (χ3n) is 3.68. The highest BCUT2D eigenvalue weighted by Crippen LogP contribution is 2.25. The molecule has 0 aliphatic carbocycles. The van der Waals surface area contributed by atoms with Crippen LogP contribution >= 0.6 is 0 Å². The minimum absolute atomic E-state index is 0.0973. The number of anilines is 1. The van der Waals surface area contributed by atoms with Gasteiger partial charge in [-0.15, -0.1) is 0 Å². The van der Waals surface area contributed by atoms with Gasteiger partial charge in [0.25, 0.3) is 0 Å². The van der Waals surface area contributed by atoms with Gasteiger partial charge in [-0.2, -0.15) is 0 Å². The first kappa shape index (κ1) is 16.9. The molecule has 0 fully saturated rings. The average Bonchev–Trinajstić information content (AvgIpc) is 3.02. The van der Waals surface area contributed by atoms with Crippen molar-refractivity contribution in [3.8, 4) is 0 Å². The molecule has 0 bridgehead atoms. The second-order valence-corrected chi connectivity index (χ2v) is 5.47. The van der Waals surface area contributed by atoms with Gasteiger partial charge >= 0.3 is 6.03 Å². The van der Waals surface area contributed by atoms with Crippen LogP contribution in [0.3, 0.4) is 0 Å². The molecule has 1 unspecified atom stereocenters. The van der Waals surface area contributed by atoms with Gasteiger partial charge in [0.1, 0.15) is 34.8 Å². The lowest BCUT2D eigenvalue weighted by Crippen LogP contribution is -2.31. The van der Waals surface area contributed by atoms with Gasteiger partial charge < -0.3 is 20.2 Å². The molecule has 130 valence electrons. The molecular weight excluding hydrogens is 330 g/mol. The molecule has 5 nitrogen and oxygen atoms in total. The molecule has 3 rings (SSSR count). The van der Waals surface area contributed by atoms with Crippen LogP contribution in [0.4, 0.5) is 19.3 Å². The number of carbonyl (C=O) groups excluding carboxylic acids is 1. The summed E-state index contributed by atoms with van der Waals surface area (Å²) in [6.07, 6.45) is -0.717. The molecule has 0 saturated carbocycles. The molecule has 0 aliphatic heterocycles. The number of hydrogen-bond acceptors (Lipinski definition) is 3. The van der Waals surface area contributed by atoms with E-state index in [9.17, 15) is 18.7 Å². The maximum Gasteiger partial charge on any atom is 0.319 e. The van der Waals surface area contributed by atoms with Crippen molar-refractivity contribution in [2.24, 2.45) is 0 Å². The number of benzene rings is 2. The number of urea groups is 1. The molecule has 2 amide bonds. The Morgan fingerprint density at radius 2 is 1.84 bits per heavy atom. The molecule has 3 N–H and O–H groups in total. The molecule has 1 heterocycles. The van der Waals surface area contributed by atoms with E-state index in [1.54, 1.807) is 12.1 Å². The highest BCUT2D eigenvalue weighted by Gasteiger charge is 2.15. The highest BCUT2D eigenvalue weighted by molar-refractivity contribution is 5.89. The first-order valence-electron chi connectivity index (χ1n) is 7.70. The zero-order valence-electron chi connectivity index (χ0n) is 13.1. The van der Waals surface area contributed by atoms with E-state index in [1.165, 1.54) is 6.07 Å². The third-order valence-corrected chi connectivity index (χ3v) is 3.68. The molecule has 0 spiro atoms. The van der Waals surface area contributed by atoms with Crippen LogP contribution in [-0.2, 0) is 0 Å². The van der Waals surface area contributed by atoms with Crippen LogP contribution in [0.25, 0.3) is 11.0 Å². The van der Waals surface area contributed by atoms with E-state index in [1.807, 2.05) is 18.2 Å². The maximum atomic E-state index is 13.4. The molecule has 0 radical (unpaired) electrons. The fourth-order valence-corrected chi connectivity index (χ4v) is 2.41. The SMILES string of the molecule is O=C(NCCC(O)c1cc2ccccc2o1)Nc1c(F)cccc1F. The number of aliphatic hydroxyl groups is 1. The van der Waals surface area contributed by atoms with Crippen molar-refractivity contribution >= 4 is 22.7 Å². The minimum Gasteiger partial charge on any atom is -0.458 e. The van der Waals surface area contributed by atoms with Gasteiger partial charge in [0.15, 0.2) is 0 Å². The number of halogens is 2. The number of carbonyl (C=O) groups is 1. The third kappa shape index (κ3) is 3.95. The monoisotopic (exact) mass is 346 g/mol. The summed E-state index contributed by atoms with van der Waals surface area (Å²) >= 11 is 0. The van der Waals surface area contributed by atoms with Gasteiger partial charge in [-0.05, 0) is 30.7 Å². The van der Waals surface area contributed by atoms with Crippen LogP contribution in [-0.4, -0.2) is 17.7 Å². The van der Waals surface area contributed by atoms with Crippen molar-refractivity contribution in [1.82, 2.24) is 5.32 Å². The molecule has 0 saturated heterocycles. The predicted molar refractivity (Wildman–Crippen MR) is 89.2 cm³/mol. The lowest BCUT2D eigenvalue weighted by atomic mass is 10.2. The van der Waals surface area contributed by atoms with Crippen LogP contribution in [0.2, 0.25) is 0 Å². The molecular formula is C18H16F2N2O3. The van der Waals surface area contributed by atoms with E-state index in [0.29, 0.717) is 11.3 Å².